The van der Waals surface area contributed by atoms with Crippen molar-refractivity contribution in [3.8, 4) is 0 Å². The van der Waals surface area contributed by atoms with E-state index in [4.69, 9.17) is 46.4 Å². The van der Waals surface area contributed by atoms with Gasteiger partial charge in [-0.1, -0.05) is 76.7 Å². The van der Waals surface area contributed by atoms with E-state index in [9.17, 15) is 0 Å². The largest absolute Gasteiger partial charge is 0.382 e. The summed E-state index contributed by atoms with van der Waals surface area (Å²) in [5, 5.41) is 4.16. The Morgan fingerprint density at radius 3 is 2.07 bits per heavy atom. The summed E-state index contributed by atoms with van der Waals surface area (Å²) >= 11 is 24.2. The molecule has 0 unspecified atom stereocenters. The summed E-state index contributed by atoms with van der Waals surface area (Å²) in [5.41, 5.74) is 1.93. The van der Waals surface area contributed by atoms with Gasteiger partial charge in [0.2, 0.25) is 0 Å². The molecular weight excluding hydrogens is 426 g/mol. The number of piperazine rings is 1. The van der Waals surface area contributed by atoms with E-state index in [1.165, 1.54) is 5.56 Å². The zero-order valence-corrected chi connectivity index (χ0v) is 17.9. The van der Waals surface area contributed by atoms with Crippen LogP contribution < -0.4 is 5.32 Å². The molecule has 0 spiro atoms. The van der Waals surface area contributed by atoms with Crippen LogP contribution in [0, 0.1) is 0 Å². The van der Waals surface area contributed by atoms with E-state index in [2.05, 4.69) is 50.4 Å². The normalized spacial score (nSPS) is 15.9. The summed E-state index contributed by atoms with van der Waals surface area (Å²) in [7, 11) is 0. The van der Waals surface area contributed by atoms with E-state index in [-0.39, 0.29) is 10.3 Å². The van der Waals surface area contributed by atoms with Crippen LogP contribution >= 0.6 is 46.4 Å². The molecule has 1 aliphatic heterocycles. The highest BCUT2D eigenvalue weighted by Gasteiger charge is 2.17. The number of aromatic nitrogens is 1. The first kappa shape index (κ1) is 21.0. The molecule has 1 fully saturated rings. The van der Waals surface area contributed by atoms with Crippen LogP contribution in [-0.2, 0) is 6.54 Å². The zero-order valence-electron chi connectivity index (χ0n) is 14.9. The van der Waals surface area contributed by atoms with Crippen LogP contribution in [0.4, 0.5) is 5.69 Å². The Labute approximate surface area is 180 Å². The van der Waals surface area contributed by atoms with Gasteiger partial charge in [0.1, 0.15) is 10.0 Å². The first-order valence-corrected chi connectivity index (χ1v) is 10.5. The molecule has 2 heterocycles. The van der Waals surface area contributed by atoms with Gasteiger partial charge >= 0.3 is 0 Å². The molecule has 3 rings (SSSR count). The van der Waals surface area contributed by atoms with Crippen molar-refractivity contribution in [1.82, 2.24) is 14.8 Å². The molecular formula is C19H22Cl4N4. The van der Waals surface area contributed by atoms with Crippen molar-refractivity contribution in [2.45, 2.75) is 13.0 Å². The summed E-state index contributed by atoms with van der Waals surface area (Å²) in [4.78, 5) is 8.88. The quantitative estimate of drug-likeness (QED) is 0.460. The second-order valence-corrected chi connectivity index (χ2v) is 8.05. The summed E-state index contributed by atoms with van der Waals surface area (Å²) in [6, 6.07) is 10.6. The van der Waals surface area contributed by atoms with Gasteiger partial charge in [0.15, 0.2) is 10.3 Å². The SMILES string of the molecule is Clc1nc(Cl)c(Cl)c(NCCCN2CCN(Cc3ccccc3)CC2)c1Cl. The molecule has 0 atom stereocenters. The third kappa shape index (κ3) is 5.86. The van der Waals surface area contributed by atoms with Gasteiger partial charge in [-0.15, -0.1) is 0 Å². The van der Waals surface area contributed by atoms with Gasteiger partial charge in [-0.05, 0) is 18.5 Å². The minimum Gasteiger partial charge on any atom is -0.382 e. The van der Waals surface area contributed by atoms with Gasteiger partial charge < -0.3 is 10.2 Å². The van der Waals surface area contributed by atoms with Crippen molar-refractivity contribution in [1.29, 1.82) is 0 Å². The highest BCUT2D eigenvalue weighted by molar-refractivity contribution is 6.48. The maximum atomic E-state index is 6.16. The summed E-state index contributed by atoms with van der Waals surface area (Å²) in [6.45, 7) is 7.14. The number of rotatable bonds is 7. The first-order chi connectivity index (χ1) is 13.0. The first-order valence-electron chi connectivity index (χ1n) is 8.97. The average molecular weight is 448 g/mol. The van der Waals surface area contributed by atoms with E-state index in [0.29, 0.717) is 15.7 Å². The molecule has 0 bridgehead atoms. The molecule has 0 amide bonds. The molecule has 4 nitrogen and oxygen atoms in total. The average Bonchev–Trinajstić information content (AvgIpc) is 2.68. The van der Waals surface area contributed by atoms with Crippen molar-refractivity contribution in [2.75, 3.05) is 44.6 Å². The number of hydrogen-bond acceptors (Lipinski definition) is 4. The number of nitrogens with one attached hydrogen (secondary N) is 1. The van der Waals surface area contributed by atoms with E-state index in [0.717, 1.165) is 52.2 Å². The summed E-state index contributed by atoms with van der Waals surface area (Å²) in [5.74, 6) is 0. The molecule has 0 saturated carbocycles. The van der Waals surface area contributed by atoms with Crippen LogP contribution in [-0.4, -0.2) is 54.1 Å². The molecule has 0 radical (unpaired) electrons. The third-order valence-corrected chi connectivity index (χ3v) is 6.14. The van der Waals surface area contributed by atoms with Gasteiger partial charge in [-0.25, -0.2) is 4.98 Å². The number of hydrogen-bond donors (Lipinski definition) is 1. The molecule has 1 aromatic carbocycles. The van der Waals surface area contributed by atoms with Crippen LogP contribution in [0.25, 0.3) is 0 Å². The number of nitrogens with zero attached hydrogens (tertiary/aromatic N) is 3. The minimum atomic E-state index is 0.156. The van der Waals surface area contributed by atoms with Crippen LogP contribution in [0.5, 0.6) is 0 Å². The Morgan fingerprint density at radius 1 is 0.852 bits per heavy atom. The molecule has 146 valence electrons. The maximum absolute atomic E-state index is 6.16. The van der Waals surface area contributed by atoms with Gasteiger partial charge in [0, 0.05) is 39.3 Å². The van der Waals surface area contributed by atoms with Crippen molar-refractivity contribution in [3.63, 3.8) is 0 Å². The van der Waals surface area contributed by atoms with E-state index in [1.807, 2.05) is 0 Å². The molecule has 2 aromatic rings. The third-order valence-electron chi connectivity index (χ3n) is 4.66. The summed E-state index contributed by atoms with van der Waals surface area (Å²) in [6.07, 6.45) is 0.975. The van der Waals surface area contributed by atoms with Crippen molar-refractivity contribution in [3.05, 3.63) is 56.2 Å². The molecule has 1 saturated heterocycles. The highest BCUT2D eigenvalue weighted by Crippen LogP contribution is 2.38. The van der Waals surface area contributed by atoms with Crippen molar-refractivity contribution < 1.29 is 0 Å². The lowest BCUT2D eigenvalue weighted by molar-refractivity contribution is 0.127. The second kappa shape index (κ2) is 10.1. The van der Waals surface area contributed by atoms with Crippen LogP contribution in [0.15, 0.2) is 30.3 Å². The fraction of sp³-hybridized carbons (Fsp3) is 0.421. The number of anilines is 1. The number of pyridine rings is 1. The van der Waals surface area contributed by atoms with E-state index >= 15 is 0 Å². The standard InChI is InChI=1S/C19H22Cl4N4/c20-15-17(16(21)19(23)25-18(15)22)24-7-4-8-26-9-11-27(12-10-26)13-14-5-2-1-3-6-14/h1-3,5-6H,4,7-13H2,(H,24,25). The smallest absolute Gasteiger partial charge is 0.151 e. The topological polar surface area (TPSA) is 31.4 Å². The Kier molecular flexibility index (Phi) is 7.88. The minimum absolute atomic E-state index is 0.156. The van der Waals surface area contributed by atoms with Gasteiger partial charge in [0.25, 0.3) is 0 Å². The monoisotopic (exact) mass is 446 g/mol. The predicted octanol–water partition coefficient (Wildman–Crippen LogP) is 5.32. The maximum Gasteiger partial charge on any atom is 0.151 e. The summed E-state index contributed by atoms with van der Waals surface area (Å²) < 4.78 is 0. The molecule has 0 aliphatic carbocycles. The second-order valence-electron chi connectivity index (χ2n) is 6.58. The molecule has 8 heteroatoms. The van der Waals surface area contributed by atoms with Crippen molar-refractivity contribution in [2.24, 2.45) is 0 Å². The zero-order chi connectivity index (χ0) is 19.2. The fourth-order valence-corrected chi connectivity index (χ4v) is 4.03. The van der Waals surface area contributed by atoms with E-state index in [1.54, 1.807) is 0 Å². The molecule has 1 aromatic heterocycles. The predicted molar refractivity (Wildman–Crippen MR) is 116 cm³/mol. The Morgan fingerprint density at radius 2 is 1.44 bits per heavy atom. The van der Waals surface area contributed by atoms with Crippen LogP contribution in [0.1, 0.15) is 12.0 Å². The van der Waals surface area contributed by atoms with Gasteiger partial charge in [-0.3, -0.25) is 4.90 Å². The van der Waals surface area contributed by atoms with E-state index < -0.39 is 0 Å². The molecule has 27 heavy (non-hydrogen) atoms. The molecule has 1 aliphatic rings. The van der Waals surface area contributed by atoms with Crippen LogP contribution in [0.2, 0.25) is 20.4 Å². The fourth-order valence-electron chi connectivity index (χ4n) is 3.17. The lowest BCUT2D eigenvalue weighted by atomic mass is 10.2. The number of benzene rings is 1. The van der Waals surface area contributed by atoms with Gasteiger partial charge in [0.05, 0.1) is 5.69 Å². The lowest BCUT2D eigenvalue weighted by Crippen LogP contribution is -2.46. The molecule has 1 N–H and O–H groups in total. The number of halogens is 4. The Balaban J connectivity index is 1.39. The Bertz CT molecular complexity index is 723. The highest BCUT2D eigenvalue weighted by atomic mass is 35.5. The van der Waals surface area contributed by atoms with Crippen LogP contribution in [0.3, 0.4) is 0 Å². The Hall–Kier alpha value is -0.750. The van der Waals surface area contributed by atoms with Crippen molar-refractivity contribution >= 4 is 52.1 Å². The lowest BCUT2D eigenvalue weighted by Gasteiger charge is -2.34. The van der Waals surface area contributed by atoms with Gasteiger partial charge in [-0.2, -0.15) is 0 Å².